The third kappa shape index (κ3) is 5.45. The number of nitrogens with one attached hydrogen (secondary N) is 1. The summed E-state index contributed by atoms with van der Waals surface area (Å²) < 4.78 is 2.59. The van der Waals surface area contributed by atoms with Crippen LogP contribution in [0.4, 0.5) is 5.69 Å². The molecular weight excluding hydrogens is 454 g/mol. The summed E-state index contributed by atoms with van der Waals surface area (Å²) in [5.74, 6) is -0.0129. The minimum absolute atomic E-state index is 0.0634. The number of carbonyl (C=O) groups excluding carboxylic acids is 2. The largest absolute Gasteiger partial charge is 0.368 e. The average Bonchev–Trinajstić information content (AvgIpc) is 3.04. The highest BCUT2D eigenvalue weighted by molar-refractivity contribution is 9.10. The molecule has 0 saturated carbocycles. The van der Waals surface area contributed by atoms with E-state index in [0.717, 1.165) is 26.9 Å². The number of hydrogen-bond acceptors (Lipinski definition) is 5. The van der Waals surface area contributed by atoms with Gasteiger partial charge in [0, 0.05) is 15.7 Å². The molecule has 2 amide bonds. The molecule has 7 nitrogen and oxygen atoms in total. The second-order valence-corrected chi connectivity index (χ2v) is 8.38. The normalized spacial score (nSPS) is 10.7. The van der Waals surface area contributed by atoms with Gasteiger partial charge in [-0.2, -0.15) is 0 Å². The molecule has 0 saturated heterocycles. The zero-order chi connectivity index (χ0) is 21.0. The number of hydrogen-bond donors (Lipinski definition) is 2. The van der Waals surface area contributed by atoms with Crippen LogP contribution in [0.1, 0.15) is 11.1 Å². The molecule has 0 fully saturated rings. The highest BCUT2D eigenvalue weighted by Gasteiger charge is 2.17. The van der Waals surface area contributed by atoms with Crippen LogP contribution in [0.3, 0.4) is 0 Å². The highest BCUT2D eigenvalue weighted by atomic mass is 79.9. The molecular formula is C20H20BrN5O2S. The minimum Gasteiger partial charge on any atom is -0.368 e. The number of anilines is 1. The lowest BCUT2D eigenvalue weighted by Gasteiger charge is -2.10. The van der Waals surface area contributed by atoms with Gasteiger partial charge in [0.15, 0.2) is 11.0 Å². The molecule has 0 bridgehead atoms. The fourth-order valence-electron chi connectivity index (χ4n) is 2.78. The second kappa shape index (κ2) is 9.23. The van der Waals surface area contributed by atoms with Crippen LogP contribution in [0.25, 0.3) is 11.4 Å². The van der Waals surface area contributed by atoms with Crippen LogP contribution < -0.4 is 11.1 Å². The number of aromatic nitrogens is 3. The van der Waals surface area contributed by atoms with E-state index >= 15 is 0 Å². The number of benzene rings is 2. The highest BCUT2D eigenvalue weighted by Crippen LogP contribution is 2.25. The van der Waals surface area contributed by atoms with Gasteiger partial charge in [-0.3, -0.25) is 14.2 Å². The molecule has 150 valence electrons. The molecule has 3 aromatic rings. The van der Waals surface area contributed by atoms with Crippen LogP contribution in [0.15, 0.2) is 52.1 Å². The van der Waals surface area contributed by atoms with Gasteiger partial charge in [-0.15, -0.1) is 10.2 Å². The molecule has 0 atom stereocenters. The van der Waals surface area contributed by atoms with Gasteiger partial charge >= 0.3 is 0 Å². The first kappa shape index (κ1) is 21.1. The van der Waals surface area contributed by atoms with E-state index in [1.807, 2.05) is 56.3 Å². The van der Waals surface area contributed by atoms with E-state index in [1.165, 1.54) is 11.8 Å². The van der Waals surface area contributed by atoms with Crippen LogP contribution in [-0.2, 0) is 16.1 Å². The van der Waals surface area contributed by atoms with Crippen LogP contribution >= 0.6 is 27.7 Å². The van der Waals surface area contributed by atoms with Crippen molar-refractivity contribution in [1.82, 2.24) is 14.8 Å². The van der Waals surface area contributed by atoms with Gasteiger partial charge in [0.1, 0.15) is 6.54 Å². The number of primary amides is 1. The van der Waals surface area contributed by atoms with Crippen molar-refractivity contribution in [2.45, 2.75) is 25.5 Å². The summed E-state index contributed by atoms with van der Waals surface area (Å²) in [5.41, 5.74) is 9.01. The zero-order valence-corrected chi connectivity index (χ0v) is 18.4. The van der Waals surface area contributed by atoms with Crippen molar-refractivity contribution < 1.29 is 9.59 Å². The maximum atomic E-state index is 12.4. The predicted octanol–water partition coefficient (Wildman–Crippen LogP) is 3.54. The van der Waals surface area contributed by atoms with Crippen LogP contribution in [0.2, 0.25) is 0 Å². The maximum absolute atomic E-state index is 12.4. The molecule has 3 rings (SSSR count). The Kier molecular flexibility index (Phi) is 6.71. The Hall–Kier alpha value is -2.65. The molecule has 1 aromatic heterocycles. The number of halogens is 1. The first-order valence-electron chi connectivity index (χ1n) is 8.81. The third-order valence-corrected chi connectivity index (χ3v) is 5.56. The number of nitrogens with two attached hydrogens (primary N) is 1. The van der Waals surface area contributed by atoms with Crippen molar-refractivity contribution in [2.24, 2.45) is 5.73 Å². The van der Waals surface area contributed by atoms with E-state index in [0.29, 0.717) is 11.0 Å². The predicted molar refractivity (Wildman–Crippen MR) is 118 cm³/mol. The lowest BCUT2D eigenvalue weighted by Crippen LogP contribution is -2.20. The molecule has 9 heteroatoms. The smallest absolute Gasteiger partial charge is 0.237 e. The Labute approximate surface area is 181 Å². The summed E-state index contributed by atoms with van der Waals surface area (Å²) in [6.07, 6.45) is 0. The van der Waals surface area contributed by atoms with E-state index in [4.69, 9.17) is 5.73 Å². The molecule has 29 heavy (non-hydrogen) atoms. The minimum atomic E-state index is -0.504. The number of carbonyl (C=O) groups is 2. The van der Waals surface area contributed by atoms with Crippen molar-refractivity contribution in [3.05, 3.63) is 58.1 Å². The summed E-state index contributed by atoms with van der Waals surface area (Å²) in [6, 6.07) is 13.4. The Morgan fingerprint density at radius 2 is 1.97 bits per heavy atom. The summed E-state index contributed by atoms with van der Waals surface area (Å²) in [4.78, 5) is 24.0. The van der Waals surface area contributed by atoms with E-state index < -0.39 is 5.91 Å². The molecule has 0 aliphatic carbocycles. The van der Waals surface area contributed by atoms with E-state index in [2.05, 4.69) is 31.4 Å². The van der Waals surface area contributed by atoms with Gasteiger partial charge in [-0.1, -0.05) is 51.5 Å². The summed E-state index contributed by atoms with van der Waals surface area (Å²) in [7, 11) is 0. The van der Waals surface area contributed by atoms with Gasteiger partial charge in [-0.25, -0.2) is 0 Å². The first-order valence-corrected chi connectivity index (χ1v) is 10.6. The molecule has 0 aliphatic rings. The van der Waals surface area contributed by atoms with Crippen LogP contribution in [-0.4, -0.2) is 32.3 Å². The molecule has 1 heterocycles. The van der Waals surface area contributed by atoms with Crippen molar-refractivity contribution in [1.29, 1.82) is 0 Å². The van der Waals surface area contributed by atoms with Crippen molar-refractivity contribution in [2.75, 3.05) is 11.1 Å². The molecule has 0 spiro atoms. The SMILES string of the molecule is Cc1cccc(-c2nnc(SCC(=O)Nc3ccc(Br)cc3C)n2CC(N)=O)c1. The topological polar surface area (TPSA) is 103 Å². The fraction of sp³-hybridized carbons (Fsp3) is 0.200. The molecule has 2 aromatic carbocycles. The van der Waals surface area contributed by atoms with E-state index in [9.17, 15) is 9.59 Å². The monoisotopic (exact) mass is 473 g/mol. The van der Waals surface area contributed by atoms with Gasteiger partial charge in [-0.05, 0) is 43.7 Å². The average molecular weight is 474 g/mol. The van der Waals surface area contributed by atoms with Crippen molar-refractivity contribution in [3.63, 3.8) is 0 Å². The fourth-order valence-corrected chi connectivity index (χ4v) is 3.99. The Balaban J connectivity index is 1.76. The molecule has 0 aliphatic heterocycles. The Bertz CT molecular complexity index is 1070. The quantitative estimate of drug-likeness (QED) is 0.510. The lowest BCUT2D eigenvalue weighted by molar-refractivity contribution is -0.118. The number of thioether (sulfide) groups is 1. The van der Waals surface area contributed by atoms with Gasteiger partial charge in [0.2, 0.25) is 11.8 Å². The molecule has 3 N–H and O–H groups in total. The van der Waals surface area contributed by atoms with Gasteiger partial charge < -0.3 is 11.1 Å². The van der Waals surface area contributed by atoms with E-state index in [1.54, 1.807) is 4.57 Å². The summed E-state index contributed by atoms with van der Waals surface area (Å²) in [5, 5.41) is 11.7. The van der Waals surface area contributed by atoms with Gasteiger partial charge in [0.25, 0.3) is 0 Å². The zero-order valence-electron chi connectivity index (χ0n) is 16.0. The van der Waals surface area contributed by atoms with Crippen LogP contribution in [0.5, 0.6) is 0 Å². The lowest BCUT2D eigenvalue weighted by atomic mass is 10.1. The molecule has 0 radical (unpaired) electrons. The maximum Gasteiger partial charge on any atom is 0.237 e. The number of nitrogens with zero attached hydrogens (tertiary/aromatic N) is 3. The number of amides is 2. The Morgan fingerprint density at radius 3 is 2.66 bits per heavy atom. The molecule has 0 unspecified atom stereocenters. The standard InChI is InChI=1S/C20H20BrN5O2S/c1-12-4-3-5-14(8-12)19-24-25-20(26(19)10-17(22)27)29-11-18(28)23-16-7-6-15(21)9-13(16)2/h3-9H,10-11H2,1-2H3,(H2,22,27)(H,23,28). The first-order chi connectivity index (χ1) is 13.8. The van der Waals surface area contributed by atoms with E-state index in [-0.39, 0.29) is 18.2 Å². The van der Waals surface area contributed by atoms with Gasteiger partial charge in [0.05, 0.1) is 5.75 Å². The Morgan fingerprint density at radius 1 is 1.17 bits per heavy atom. The second-order valence-electron chi connectivity index (χ2n) is 6.52. The number of aryl methyl sites for hydroxylation is 2. The van der Waals surface area contributed by atoms with Crippen molar-refractivity contribution >= 4 is 45.2 Å². The summed E-state index contributed by atoms with van der Waals surface area (Å²) >= 11 is 4.61. The number of rotatable bonds is 7. The summed E-state index contributed by atoms with van der Waals surface area (Å²) in [6.45, 7) is 3.83. The third-order valence-electron chi connectivity index (χ3n) is 4.10. The van der Waals surface area contributed by atoms with Crippen LogP contribution in [0, 0.1) is 13.8 Å². The van der Waals surface area contributed by atoms with Crippen molar-refractivity contribution in [3.8, 4) is 11.4 Å².